The zero-order valence-corrected chi connectivity index (χ0v) is 14.6. The Kier molecular flexibility index (Phi) is 4.03. The average molecular weight is 393 g/mol. The van der Waals surface area contributed by atoms with Crippen LogP contribution in [0.1, 0.15) is 6.92 Å². The number of rotatable bonds is 3. The number of fused-ring (bicyclic) bond motifs is 1. The van der Waals surface area contributed by atoms with Crippen LogP contribution in [0.3, 0.4) is 0 Å². The van der Waals surface area contributed by atoms with E-state index in [2.05, 4.69) is 29.8 Å². The van der Waals surface area contributed by atoms with Gasteiger partial charge >= 0.3 is 6.29 Å². The molecule has 27 heavy (non-hydrogen) atoms. The summed E-state index contributed by atoms with van der Waals surface area (Å²) in [6.07, 6.45) is 0.473. The van der Waals surface area contributed by atoms with Crippen LogP contribution in [0, 0.1) is 0 Å². The van der Waals surface area contributed by atoms with E-state index in [0.717, 1.165) is 5.57 Å². The summed E-state index contributed by atoms with van der Waals surface area (Å²) in [5, 5.41) is 2.76. The maximum Gasteiger partial charge on any atom is 0.586 e. The van der Waals surface area contributed by atoms with Gasteiger partial charge in [-0.3, -0.25) is 14.8 Å². The summed E-state index contributed by atoms with van der Waals surface area (Å²) in [6.45, 7) is 2.32. The van der Waals surface area contributed by atoms with Gasteiger partial charge < -0.3 is 14.8 Å². The highest BCUT2D eigenvalue weighted by molar-refractivity contribution is 6.33. The quantitative estimate of drug-likeness (QED) is 0.864. The first-order valence-corrected chi connectivity index (χ1v) is 8.13. The number of benzene rings is 1. The van der Waals surface area contributed by atoms with E-state index in [9.17, 15) is 13.6 Å². The highest BCUT2D eigenvalue weighted by Gasteiger charge is 2.43. The van der Waals surface area contributed by atoms with Crippen molar-refractivity contribution in [2.24, 2.45) is 4.99 Å². The first-order valence-electron chi connectivity index (χ1n) is 7.75. The van der Waals surface area contributed by atoms with Crippen molar-refractivity contribution in [2.75, 3.05) is 11.9 Å². The van der Waals surface area contributed by atoms with Gasteiger partial charge in [-0.25, -0.2) is 4.98 Å². The molecule has 0 radical (unpaired) electrons. The van der Waals surface area contributed by atoms with Gasteiger partial charge in [-0.05, 0) is 18.6 Å². The Labute approximate surface area is 156 Å². The average Bonchev–Trinajstić information content (AvgIpc) is 3.16. The number of ether oxygens (including phenoxy) is 2. The zero-order valence-electron chi connectivity index (χ0n) is 13.8. The molecule has 0 atom stereocenters. The molecule has 0 saturated heterocycles. The summed E-state index contributed by atoms with van der Waals surface area (Å²) in [7, 11) is 0. The third-order valence-electron chi connectivity index (χ3n) is 3.91. The number of amides is 1. The van der Waals surface area contributed by atoms with E-state index in [1.165, 1.54) is 30.7 Å². The van der Waals surface area contributed by atoms with Crippen LogP contribution in [0.15, 0.2) is 40.7 Å². The smallest absolute Gasteiger partial charge is 0.395 e. The fourth-order valence-electron chi connectivity index (χ4n) is 2.60. The Morgan fingerprint density at radius 1 is 1.22 bits per heavy atom. The molecule has 1 aromatic carbocycles. The summed E-state index contributed by atoms with van der Waals surface area (Å²) >= 11 is 6.12. The first kappa shape index (κ1) is 17.3. The lowest BCUT2D eigenvalue weighted by molar-refractivity contribution is -0.286. The van der Waals surface area contributed by atoms with Crippen LogP contribution in [0.2, 0.25) is 5.02 Å². The minimum absolute atomic E-state index is 0.143. The van der Waals surface area contributed by atoms with Crippen molar-refractivity contribution in [3.63, 3.8) is 0 Å². The van der Waals surface area contributed by atoms with E-state index in [4.69, 9.17) is 11.6 Å². The number of alkyl halides is 2. The van der Waals surface area contributed by atoms with Crippen molar-refractivity contribution >= 4 is 29.5 Å². The van der Waals surface area contributed by atoms with Crippen LogP contribution in [-0.4, -0.2) is 34.9 Å². The highest BCUT2D eigenvalue weighted by atomic mass is 35.5. The number of nitrogens with one attached hydrogen (secondary N) is 1. The number of hydrogen-bond donors (Lipinski definition) is 1. The molecule has 0 fully saturated rings. The van der Waals surface area contributed by atoms with Gasteiger partial charge in [-0.15, -0.1) is 8.78 Å². The van der Waals surface area contributed by atoms with Crippen molar-refractivity contribution in [3.05, 3.63) is 40.7 Å². The van der Waals surface area contributed by atoms with Crippen molar-refractivity contribution in [2.45, 2.75) is 13.2 Å². The Morgan fingerprint density at radius 3 is 2.59 bits per heavy atom. The normalized spacial score (nSPS) is 16.7. The van der Waals surface area contributed by atoms with Crippen molar-refractivity contribution in [1.29, 1.82) is 0 Å². The second kappa shape index (κ2) is 6.27. The zero-order chi connectivity index (χ0) is 19.2. The molecule has 1 aromatic heterocycles. The largest absolute Gasteiger partial charge is 0.586 e. The summed E-state index contributed by atoms with van der Waals surface area (Å²) < 4.78 is 35.1. The van der Waals surface area contributed by atoms with E-state index in [0.29, 0.717) is 23.4 Å². The van der Waals surface area contributed by atoms with Gasteiger partial charge in [-0.2, -0.15) is 0 Å². The Bertz CT molecular complexity index is 1010. The number of halogens is 3. The Morgan fingerprint density at radius 2 is 1.96 bits per heavy atom. The molecular formula is C17H11ClF2N4O3. The number of carbonyl (C=O) groups excluding carboxylic acids is 1. The second-order valence-corrected chi connectivity index (χ2v) is 6.26. The Balaban J connectivity index is 1.56. The molecule has 0 unspecified atom stereocenters. The standard InChI is InChI=1S/C17H11ClF2N4O3/c1-8-4-21-5-10(8)16(25)24-15-7-22-12(6-23-15)9-2-13-14(3-11(9)18)27-17(19,20)26-13/h2-3,5-7H,4H2,1H3,(H,23,24,25). The van der Waals surface area contributed by atoms with E-state index in [1.54, 1.807) is 0 Å². The van der Waals surface area contributed by atoms with Gasteiger partial charge in [0.2, 0.25) is 0 Å². The maximum atomic E-state index is 13.2. The van der Waals surface area contributed by atoms with E-state index >= 15 is 0 Å². The van der Waals surface area contributed by atoms with Crippen molar-refractivity contribution < 1.29 is 23.0 Å². The fraction of sp³-hybridized carbons (Fsp3) is 0.176. The van der Waals surface area contributed by atoms with Crippen molar-refractivity contribution in [3.8, 4) is 22.8 Å². The molecule has 1 N–H and O–H groups in total. The number of carbonyl (C=O) groups is 1. The van der Waals surface area contributed by atoms with Crippen LogP contribution in [0.5, 0.6) is 11.5 Å². The number of aromatic nitrogens is 2. The minimum Gasteiger partial charge on any atom is -0.395 e. The molecule has 138 valence electrons. The van der Waals surface area contributed by atoms with Crippen LogP contribution >= 0.6 is 11.6 Å². The van der Waals surface area contributed by atoms with Gasteiger partial charge in [-0.1, -0.05) is 11.6 Å². The summed E-state index contributed by atoms with van der Waals surface area (Å²) in [4.78, 5) is 24.5. The molecule has 2 aliphatic heterocycles. The molecule has 1 amide bonds. The number of anilines is 1. The molecule has 2 aromatic rings. The van der Waals surface area contributed by atoms with Crippen LogP contribution in [-0.2, 0) is 4.79 Å². The van der Waals surface area contributed by atoms with Gasteiger partial charge in [0.25, 0.3) is 5.91 Å². The molecule has 3 heterocycles. The highest BCUT2D eigenvalue weighted by Crippen LogP contribution is 2.45. The van der Waals surface area contributed by atoms with Crippen LogP contribution in [0.25, 0.3) is 11.3 Å². The van der Waals surface area contributed by atoms with Crippen LogP contribution in [0.4, 0.5) is 14.6 Å². The van der Waals surface area contributed by atoms with Crippen molar-refractivity contribution in [1.82, 2.24) is 9.97 Å². The first-order chi connectivity index (χ1) is 12.8. The van der Waals surface area contributed by atoms with Crippen LogP contribution < -0.4 is 14.8 Å². The molecule has 10 heteroatoms. The molecule has 0 aliphatic carbocycles. The molecule has 7 nitrogen and oxygen atoms in total. The van der Waals surface area contributed by atoms with E-state index in [1.807, 2.05) is 6.92 Å². The van der Waals surface area contributed by atoms with Gasteiger partial charge in [0, 0.05) is 17.8 Å². The monoisotopic (exact) mass is 392 g/mol. The number of hydrogen-bond acceptors (Lipinski definition) is 6. The SMILES string of the molecule is CC1=C(C(=O)Nc2cnc(-c3cc4c(cc3Cl)OC(F)(F)O4)cn2)C=NC1. The predicted octanol–water partition coefficient (Wildman–Crippen LogP) is 3.46. The third kappa shape index (κ3) is 3.33. The maximum absolute atomic E-state index is 13.2. The lowest BCUT2D eigenvalue weighted by Crippen LogP contribution is -2.25. The summed E-state index contributed by atoms with van der Waals surface area (Å²) in [6, 6.07) is 2.52. The molecule has 0 saturated carbocycles. The van der Waals surface area contributed by atoms with E-state index < -0.39 is 6.29 Å². The summed E-state index contributed by atoms with van der Waals surface area (Å²) in [5.41, 5.74) is 2.00. The Hall–Kier alpha value is -3.07. The van der Waals surface area contributed by atoms with Gasteiger partial charge in [0.05, 0.1) is 35.2 Å². The molecule has 0 spiro atoms. The summed E-state index contributed by atoms with van der Waals surface area (Å²) in [5.74, 6) is -0.416. The second-order valence-electron chi connectivity index (χ2n) is 5.85. The van der Waals surface area contributed by atoms with Gasteiger partial charge in [0.1, 0.15) is 0 Å². The number of aliphatic imine (C=N–C) groups is 1. The lowest BCUT2D eigenvalue weighted by Gasteiger charge is -2.07. The number of nitrogens with zero attached hydrogens (tertiary/aromatic N) is 3. The predicted molar refractivity (Wildman–Crippen MR) is 93.4 cm³/mol. The fourth-order valence-corrected chi connectivity index (χ4v) is 2.86. The molecule has 4 rings (SSSR count). The molecule has 2 aliphatic rings. The van der Waals surface area contributed by atoms with E-state index in [-0.39, 0.29) is 28.2 Å². The lowest BCUT2D eigenvalue weighted by atomic mass is 10.1. The third-order valence-corrected chi connectivity index (χ3v) is 4.23. The minimum atomic E-state index is -3.74. The van der Waals surface area contributed by atoms with Gasteiger partial charge in [0.15, 0.2) is 17.3 Å². The molecular weight excluding hydrogens is 382 g/mol. The topological polar surface area (TPSA) is 85.7 Å². The molecule has 0 bridgehead atoms.